The molecule has 1 N–H and O–H groups in total. The van der Waals surface area contributed by atoms with Gasteiger partial charge in [-0.1, -0.05) is 57.7 Å². The van der Waals surface area contributed by atoms with Crippen LogP contribution >= 0.6 is 11.6 Å². The first-order valence-corrected chi connectivity index (χ1v) is 11.9. The summed E-state index contributed by atoms with van der Waals surface area (Å²) in [6.45, 7) is 10.3. The number of hydrogen-bond acceptors (Lipinski definition) is 3. The molecule has 32 heavy (non-hydrogen) atoms. The summed E-state index contributed by atoms with van der Waals surface area (Å²) < 4.78 is 1.71. The quantitative estimate of drug-likeness (QED) is 0.705. The van der Waals surface area contributed by atoms with Crippen molar-refractivity contribution < 1.29 is 9.59 Å². The summed E-state index contributed by atoms with van der Waals surface area (Å²) in [6, 6.07) is 7.47. The molecule has 0 saturated heterocycles. The van der Waals surface area contributed by atoms with Crippen LogP contribution in [-0.2, 0) is 16.8 Å². The molecule has 0 bridgehead atoms. The number of amides is 2. The first-order valence-electron chi connectivity index (χ1n) is 11.5. The molecule has 172 valence electrons. The van der Waals surface area contributed by atoms with Crippen molar-refractivity contribution in [3.63, 3.8) is 0 Å². The number of carbonyl (C=O) groups is 2. The maximum Gasteiger partial charge on any atom is 0.277 e. The lowest BCUT2D eigenvalue weighted by atomic mass is 9.90. The smallest absolute Gasteiger partial charge is 0.277 e. The van der Waals surface area contributed by atoms with E-state index in [9.17, 15) is 9.59 Å². The Morgan fingerprint density at radius 1 is 1.19 bits per heavy atom. The number of aryl methyl sites for hydroxylation is 1. The molecule has 0 spiro atoms. The molecule has 1 fully saturated rings. The third-order valence-electron chi connectivity index (χ3n) is 6.76. The van der Waals surface area contributed by atoms with Crippen molar-refractivity contribution in [2.24, 2.45) is 0 Å². The predicted molar refractivity (Wildman–Crippen MR) is 127 cm³/mol. The Kier molecular flexibility index (Phi) is 5.86. The topological polar surface area (TPSA) is 67.2 Å². The van der Waals surface area contributed by atoms with Crippen LogP contribution in [0.4, 0.5) is 5.69 Å². The van der Waals surface area contributed by atoms with E-state index >= 15 is 0 Å². The van der Waals surface area contributed by atoms with Gasteiger partial charge in [0.15, 0.2) is 0 Å². The van der Waals surface area contributed by atoms with Crippen LogP contribution in [-0.4, -0.2) is 33.2 Å². The highest BCUT2D eigenvalue weighted by Gasteiger charge is 2.50. The summed E-state index contributed by atoms with van der Waals surface area (Å²) in [5.74, 6) is -0.374. The van der Waals surface area contributed by atoms with E-state index < -0.39 is 5.54 Å². The van der Waals surface area contributed by atoms with E-state index in [1.807, 2.05) is 26.0 Å². The average molecular weight is 457 g/mol. The van der Waals surface area contributed by atoms with Gasteiger partial charge in [-0.05, 0) is 50.5 Å². The highest BCUT2D eigenvalue weighted by atomic mass is 35.5. The lowest BCUT2D eigenvalue weighted by Crippen LogP contribution is -2.65. The van der Waals surface area contributed by atoms with Gasteiger partial charge < -0.3 is 5.32 Å². The third-order valence-corrected chi connectivity index (χ3v) is 7.00. The molecular weight excluding hydrogens is 424 g/mol. The summed E-state index contributed by atoms with van der Waals surface area (Å²) in [7, 11) is 0. The maximum absolute atomic E-state index is 13.9. The van der Waals surface area contributed by atoms with E-state index in [1.165, 1.54) is 6.42 Å². The minimum atomic E-state index is -1.13. The van der Waals surface area contributed by atoms with Gasteiger partial charge in [-0.15, -0.1) is 0 Å². The third kappa shape index (κ3) is 4.05. The van der Waals surface area contributed by atoms with Gasteiger partial charge in [-0.2, -0.15) is 5.10 Å². The zero-order chi connectivity index (χ0) is 23.3. The van der Waals surface area contributed by atoms with Crippen LogP contribution in [0.5, 0.6) is 0 Å². The predicted octanol–water partition coefficient (Wildman–Crippen LogP) is 5.01. The molecule has 2 heterocycles. The largest absolute Gasteiger partial charge is 0.351 e. The number of hydrogen-bond donors (Lipinski definition) is 1. The average Bonchev–Trinajstić information content (AvgIpc) is 3.16. The molecule has 4 rings (SSSR count). The fraction of sp³-hybridized carbons (Fsp3) is 0.560. The minimum Gasteiger partial charge on any atom is -0.351 e. The summed E-state index contributed by atoms with van der Waals surface area (Å²) in [6.07, 6.45) is 5.41. The summed E-state index contributed by atoms with van der Waals surface area (Å²) in [4.78, 5) is 29.3. The van der Waals surface area contributed by atoms with Crippen LogP contribution in [0.15, 0.2) is 24.3 Å². The zero-order valence-corrected chi connectivity index (χ0v) is 20.4. The fourth-order valence-corrected chi connectivity index (χ4v) is 4.90. The second kappa shape index (κ2) is 8.22. The lowest BCUT2D eigenvalue weighted by Gasteiger charge is -2.44. The first-order chi connectivity index (χ1) is 15.0. The van der Waals surface area contributed by atoms with Gasteiger partial charge in [-0.25, -0.2) is 0 Å². The fourth-order valence-electron chi connectivity index (χ4n) is 4.74. The number of benzene rings is 1. The molecule has 1 atom stereocenters. The van der Waals surface area contributed by atoms with Crippen molar-refractivity contribution in [3.05, 3.63) is 46.2 Å². The number of aromatic nitrogens is 2. The SMILES string of the molecule is Cc1ccc(Cl)cc1N1C(=O)c2cc(C(C)(C)C)nn2C[C@@]1(C)C(=O)NC1CCCCC1. The summed E-state index contributed by atoms with van der Waals surface area (Å²) in [5.41, 5.74) is 1.55. The highest BCUT2D eigenvalue weighted by Crippen LogP contribution is 2.37. The molecule has 1 aromatic carbocycles. The van der Waals surface area contributed by atoms with Crippen LogP contribution in [0.25, 0.3) is 0 Å². The molecule has 1 aliphatic heterocycles. The van der Waals surface area contributed by atoms with Crippen LogP contribution in [0.1, 0.15) is 81.5 Å². The molecule has 0 unspecified atom stereocenters. The van der Waals surface area contributed by atoms with E-state index in [2.05, 4.69) is 26.1 Å². The van der Waals surface area contributed by atoms with Gasteiger partial charge in [0, 0.05) is 22.2 Å². The Labute approximate surface area is 195 Å². The standard InChI is InChI=1S/C25H33ClN4O2/c1-16-11-12-17(26)13-19(16)30-22(31)20-14-21(24(2,3)4)28-29(20)15-25(30,5)23(32)27-18-9-7-6-8-10-18/h11-14,18H,6-10,15H2,1-5H3,(H,27,32)/t25-/m0/s1. The van der Waals surface area contributed by atoms with Gasteiger partial charge in [0.05, 0.1) is 12.2 Å². The van der Waals surface area contributed by atoms with Gasteiger partial charge in [0.25, 0.3) is 5.91 Å². The molecule has 1 saturated carbocycles. The van der Waals surface area contributed by atoms with Crippen molar-refractivity contribution in [2.45, 2.75) is 90.3 Å². The van der Waals surface area contributed by atoms with E-state index in [0.717, 1.165) is 36.9 Å². The molecule has 2 aromatic rings. The van der Waals surface area contributed by atoms with Gasteiger partial charge in [0.1, 0.15) is 11.2 Å². The van der Waals surface area contributed by atoms with Crippen LogP contribution < -0.4 is 10.2 Å². The summed E-state index contributed by atoms with van der Waals surface area (Å²) >= 11 is 6.32. The van der Waals surface area contributed by atoms with Crippen molar-refractivity contribution in [1.29, 1.82) is 0 Å². The highest BCUT2D eigenvalue weighted by molar-refractivity contribution is 6.31. The molecular formula is C25H33ClN4O2. The van der Waals surface area contributed by atoms with Crippen LogP contribution in [0, 0.1) is 6.92 Å². The molecule has 2 amide bonds. The molecule has 1 aliphatic carbocycles. The van der Waals surface area contributed by atoms with Gasteiger partial charge in [0.2, 0.25) is 5.91 Å². The molecule has 2 aliphatic rings. The van der Waals surface area contributed by atoms with Crippen molar-refractivity contribution >= 4 is 29.1 Å². The number of anilines is 1. The Hall–Kier alpha value is -2.34. The van der Waals surface area contributed by atoms with E-state index in [1.54, 1.807) is 21.7 Å². The van der Waals surface area contributed by atoms with Crippen LogP contribution in [0.2, 0.25) is 5.02 Å². The minimum absolute atomic E-state index is 0.143. The number of nitrogens with one attached hydrogen (secondary N) is 1. The Bertz CT molecular complexity index is 1050. The monoisotopic (exact) mass is 456 g/mol. The van der Waals surface area contributed by atoms with Crippen molar-refractivity contribution in [2.75, 3.05) is 4.90 Å². The van der Waals surface area contributed by atoms with Crippen LogP contribution in [0.3, 0.4) is 0 Å². The number of rotatable bonds is 3. The van der Waals surface area contributed by atoms with Crippen molar-refractivity contribution in [3.8, 4) is 0 Å². The normalized spacial score (nSPS) is 22.1. The Balaban J connectivity index is 1.81. The molecule has 1 aromatic heterocycles. The van der Waals surface area contributed by atoms with Crippen molar-refractivity contribution in [1.82, 2.24) is 15.1 Å². The second-order valence-corrected chi connectivity index (χ2v) is 10.9. The molecule has 6 nitrogen and oxygen atoms in total. The number of fused-ring (bicyclic) bond motifs is 1. The van der Waals surface area contributed by atoms with E-state index in [0.29, 0.717) is 16.4 Å². The van der Waals surface area contributed by atoms with E-state index in [-0.39, 0.29) is 29.8 Å². The molecule has 7 heteroatoms. The van der Waals surface area contributed by atoms with Gasteiger partial charge >= 0.3 is 0 Å². The maximum atomic E-state index is 13.9. The lowest BCUT2D eigenvalue weighted by molar-refractivity contribution is -0.127. The summed E-state index contributed by atoms with van der Waals surface area (Å²) in [5, 5.41) is 8.50. The van der Waals surface area contributed by atoms with E-state index in [4.69, 9.17) is 16.7 Å². The Morgan fingerprint density at radius 3 is 2.53 bits per heavy atom. The number of nitrogens with zero attached hydrogens (tertiary/aromatic N) is 3. The zero-order valence-electron chi connectivity index (χ0n) is 19.7. The second-order valence-electron chi connectivity index (χ2n) is 10.5. The molecule has 0 radical (unpaired) electrons. The van der Waals surface area contributed by atoms with Gasteiger partial charge in [-0.3, -0.25) is 19.2 Å². The first kappa shape index (κ1) is 22.8. The number of halogens is 1. The number of carbonyl (C=O) groups excluding carboxylic acids is 2. The Morgan fingerprint density at radius 2 is 1.88 bits per heavy atom.